The summed E-state index contributed by atoms with van der Waals surface area (Å²) in [5.41, 5.74) is 1.27. The molecular weight excluding hydrogens is 205 g/mol. The summed E-state index contributed by atoms with van der Waals surface area (Å²) < 4.78 is 0. The number of nitrogens with zero attached hydrogens (tertiary/aromatic N) is 1. The SMILES string of the molecule is ClCCN(CCCl)C1=CCCC=C1. The minimum absolute atomic E-state index is 0.655. The second-order valence-electron chi connectivity index (χ2n) is 2.97. The molecule has 0 fully saturated rings. The van der Waals surface area contributed by atoms with Crippen molar-refractivity contribution < 1.29 is 0 Å². The van der Waals surface area contributed by atoms with Gasteiger partial charge in [-0.25, -0.2) is 0 Å². The highest BCUT2D eigenvalue weighted by Crippen LogP contribution is 2.14. The Kier molecular flexibility index (Phi) is 5.33. The van der Waals surface area contributed by atoms with Gasteiger partial charge in [-0.15, -0.1) is 23.2 Å². The molecule has 0 amide bonds. The molecule has 0 unspecified atom stereocenters. The molecule has 0 saturated carbocycles. The van der Waals surface area contributed by atoms with Gasteiger partial charge in [0.15, 0.2) is 0 Å². The van der Waals surface area contributed by atoms with Crippen LogP contribution in [0.1, 0.15) is 12.8 Å². The van der Waals surface area contributed by atoms with Crippen LogP contribution in [0.15, 0.2) is 23.9 Å². The van der Waals surface area contributed by atoms with Crippen LogP contribution in [0.5, 0.6) is 0 Å². The van der Waals surface area contributed by atoms with Gasteiger partial charge in [0, 0.05) is 30.5 Å². The summed E-state index contributed by atoms with van der Waals surface area (Å²) in [4.78, 5) is 2.23. The van der Waals surface area contributed by atoms with Crippen LogP contribution < -0.4 is 0 Å². The lowest BCUT2D eigenvalue weighted by molar-refractivity contribution is 0.396. The van der Waals surface area contributed by atoms with E-state index in [4.69, 9.17) is 23.2 Å². The Bertz CT molecular complexity index is 193. The lowest BCUT2D eigenvalue weighted by Crippen LogP contribution is -2.27. The molecule has 0 heterocycles. The van der Waals surface area contributed by atoms with Crippen molar-refractivity contribution >= 4 is 23.2 Å². The van der Waals surface area contributed by atoms with Gasteiger partial charge in [-0.3, -0.25) is 0 Å². The number of rotatable bonds is 5. The molecule has 0 spiro atoms. The average molecular weight is 220 g/mol. The minimum Gasteiger partial charge on any atom is -0.369 e. The quantitative estimate of drug-likeness (QED) is 0.644. The van der Waals surface area contributed by atoms with Crippen molar-refractivity contribution in [1.29, 1.82) is 0 Å². The number of hydrogen-bond acceptors (Lipinski definition) is 1. The van der Waals surface area contributed by atoms with Gasteiger partial charge in [-0.2, -0.15) is 0 Å². The van der Waals surface area contributed by atoms with E-state index >= 15 is 0 Å². The molecule has 0 saturated heterocycles. The zero-order valence-corrected chi connectivity index (χ0v) is 9.19. The Labute approximate surface area is 90.0 Å². The predicted octanol–water partition coefficient (Wildman–Crippen LogP) is 3.00. The number of allylic oxidation sites excluding steroid dienone is 3. The van der Waals surface area contributed by atoms with Gasteiger partial charge in [-0.05, 0) is 18.9 Å². The highest BCUT2D eigenvalue weighted by atomic mass is 35.5. The first-order valence-corrected chi connectivity index (χ1v) is 5.69. The van der Waals surface area contributed by atoms with E-state index in [0.717, 1.165) is 25.9 Å². The van der Waals surface area contributed by atoms with Crippen LogP contribution in [-0.4, -0.2) is 29.7 Å². The maximum atomic E-state index is 5.72. The minimum atomic E-state index is 0.655. The molecule has 1 aliphatic rings. The molecule has 1 rings (SSSR count). The highest BCUT2D eigenvalue weighted by Gasteiger charge is 2.06. The zero-order chi connectivity index (χ0) is 9.52. The fraction of sp³-hybridized carbons (Fsp3) is 0.600. The molecule has 0 aromatic heterocycles. The van der Waals surface area contributed by atoms with Gasteiger partial charge in [0.1, 0.15) is 0 Å². The number of halogens is 2. The van der Waals surface area contributed by atoms with Crippen molar-refractivity contribution in [1.82, 2.24) is 4.90 Å². The van der Waals surface area contributed by atoms with Gasteiger partial charge in [-0.1, -0.05) is 12.2 Å². The molecule has 1 aliphatic carbocycles. The van der Waals surface area contributed by atoms with Crippen LogP contribution in [0.3, 0.4) is 0 Å². The predicted molar refractivity (Wildman–Crippen MR) is 59.5 cm³/mol. The average Bonchev–Trinajstić information content (AvgIpc) is 2.19. The van der Waals surface area contributed by atoms with Crippen molar-refractivity contribution in [2.45, 2.75) is 12.8 Å². The second-order valence-corrected chi connectivity index (χ2v) is 3.73. The monoisotopic (exact) mass is 219 g/mol. The molecule has 0 aliphatic heterocycles. The summed E-state index contributed by atoms with van der Waals surface area (Å²) in [5, 5.41) is 0. The van der Waals surface area contributed by atoms with Crippen LogP contribution >= 0.6 is 23.2 Å². The first-order valence-electron chi connectivity index (χ1n) is 4.62. The van der Waals surface area contributed by atoms with Gasteiger partial charge in [0.2, 0.25) is 0 Å². The summed E-state index contributed by atoms with van der Waals surface area (Å²) in [7, 11) is 0. The molecule has 0 atom stereocenters. The standard InChI is InChI=1S/C10H15Cl2N/c11-6-8-13(9-7-12)10-4-2-1-3-5-10/h2,4-5H,1,3,6-9H2. The smallest absolute Gasteiger partial charge is 0.0399 e. The molecule has 74 valence electrons. The lowest BCUT2D eigenvalue weighted by atomic mass is 10.1. The normalized spacial score (nSPS) is 15.7. The molecule has 1 nitrogen and oxygen atoms in total. The molecule has 0 aromatic rings. The van der Waals surface area contributed by atoms with Crippen LogP contribution in [-0.2, 0) is 0 Å². The van der Waals surface area contributed by atoms with E-state index in [1.807, 2.05) is 0 Å². The Hall–Kier alpha value is -0.140. The van der Waals surface area contributed by atoms with Crippen LogP contribution in [0.4, 0.5) is 0 Å². The third kappa shape index (κ3) is 3.61. The van der Waals surface area contributed by atoms with E-state index < -0.39 is 0 Å². The number of alkyl halides is 2. The fourth-order valence-corrected chi connectivity index (χ4v) is 1.82. The van der Waals surface area contributed by atoms with Gasteiger partial charge in [0.25, 0.3) is 0 Å². The Morgan fingerprint density at radius 1 is 1.15 bits per heavy atom. The first kappa shape index (κ1) is 10.9. The van der Waals surface area contributed by atoms with Crippen molar-refractivity contribution in [3.05, 3.63) is 23.9 Å². The second kappa shape index (κ2) is 6.33. The van der Waals surface area contributed by atoms with Crippen molar-refractivity contribution in [3.8, 4) is 0 Å². The summed E-state index contributed by atoms with van der Waals surface area (Å²) in [6.07, 6.45) is 8.89. The van der Waals surface area contributed by atoms with Crippen LogP contribution in [0, 0.1) is 0 Å². The third-order valence-corrected chi connectivity index (χ3v) is 2.39. The van der Waals surface area contributed by atoms with E-state index in [9.17, 15) is 0 Å². The molecule has 0 aromatic carbocycles. The third-order valence-electron chi connectivity index (χ3n) is 2.05. The summed E-state index contributed by atoms with van der Waals surface area (Å²) in [6.45, 7) is 1.76. The summed E-state index contributed by atoms with van der Waals surface area (Å²) >= 11 is 11.4. The Morgan fingerprint density at radius 3 is 2.31 bits per heavy atom. The molecule has 0 N–H and O–H groups in total. The first-order chi connectivity index (χ1) is 6.38. The fourth-order valence-electron chi connectivity index (χ4n) is 1.41. The van der Waals surface area contributed by atoms with E-state index in [-0.39, 0.29) is 0 Å². The zero-order valence-electron chi connectivity index (χ0n) is 7.68. The van der Waals surface area contributed by atoms with Crippen molar-refractivity contribution in [2.75, 3.05) is 24.8 Å². The molecule has 0 bridgehead atoms. The summed E-state index contributed by atoms with van der Waals surface area (Å²) in [6, 6.07) is 0. The van der Waals surface area contributed by atoms with Gasteiger partial charge in [0.05, 0.1) is 0 Å². The van der Waals surface area contributed by atoms with E-state index in [1.165, 1.54) is 5.70 Å². The topological polar surface area (TPSA) is 3.24 Å². The lowest BCUT2D eigenvalue weighted by Gasteiger charge is -2.25. The Balaban J connectivity index is 2.51. The largest absolute Gasteiger partial charge is 0.369 e. The maximum absolute atomic E-state index is 5.72. The van der Waals surface area contributed by atoms with Crippen molar-refractivity contribution in [2.24, 2.45) is 0 Å². The van der Waals surface area contributed by atoms with E-state index in [0.29, 0.717) is 11.8 Å². The van der Waals surface area contributed by atoms with Crippen LogP contribution in [0.2, 0.25) is 0 Å². The van der Waals surface area contributed by atoms with Gasteiger partial charge >= 0.3 is 0 Å². The molecule has 13 heavy (non-hydrogen) atoms. The van der Waals surface area contributed by atoms with E-state index in [2.05, 4.69) is 23.1 Å². The molecule has 3 heteroatoms. The Morgan fingerprint density at radius 2 is 1.85 bits per heavy atom. The number of hydrogen-bond donors (Lipinski definition) is 0. The van der Waals surface area contributed by atoms with Crippen molar-refractivity contribution in [3.63, 3.8) is 0 Å². The summed E-state index contributed by atoms with van der Waals surface area (Å²) in [5.74, 6) is 1.31. The van der Waals surface area contributed by atoms with E-state index in [1.54, 1.807) is 0 Å². The van der Waals surface area contributed by atoms with Crippen LogP contribution in [0.25, 0.3) is 0 Å². The molecule has 0 radical (unpaired) electrons. The highest BCUT2D eigenvalue weighted by molar-refractivity contribution is 6.18. The van der Waals surface area contributed by atoms with Gasteiger partial charge < -0.3 is 4.90 Å². The maximum Gasteiger partial charge on any atom is 0.0399 e. The molecular formula is C10H15Cl2N.